The minimum Gasteiger partial charge on any atom is -0.311 e. The van der Waals surface area contributed by atoms with Crippen molar-refractivity contribution in [2.45, 2.75) is 13.8 Å². The van der Waals surface area contributed by atoms with Crippen molar-refractivity contribution in [3.63, 3.8) is 0 Å². The van der Waals surface area contributed by atoms with E-state index in [1.165, 1.54) is 4.68 Å². The lowest BCUT2D eigenvalue weighted by Crippen LogP contribution is -2.25. The Morgan fingerprint density at radius 2 is 2.33 bits per heavy atom. The van der Waals surface area contributed by atoms with Gasteiger partial charge < -0.3 is 5.32 Å². The summed E-state index contributed by atoms with van der Waals surface area (Å²) >= 11 is 0. The second-order valence-corrected chi connectivity index (χ2v) is 2.76. The van der Waals surface area contributed by atoms with E-state index >= 15 is 0 Å². The second-order valence-electron chi connectivity index (χ2n) is 2.76. The maximum atomic E-state index is 11.3. The summed E-state index contributed by atoms with van der Waals surface area (Å²) in [6.45, 7) is 4.06. The van der Waals surface area contributed by atoms with Crippen LogP contribution in [0.3, 0.4) is 0 Å². The number of aromatic nitrogens is 2. The predicted octanol–water partition coefficient (Wildman–Crippen LogP) is 0.360. The van der Waals surface area contributed by atoms with Gasteiger partial charge in [0.2, 0.25) is 0 Å². The van der Waals surface area contributed by atoms with Crippen LogP contribution in [0.5, 0.6) is 0 Å². The highest BCUT2D eigenvalue weighted by Crippen LogP contribution is 2.00. The molecule has 0 aliphatic heterocycles. The van der Waals surface area contributed by atoms with Gasteiger partial charge in [0.1, 0.15) is 0 Å². The van der Waals surface area contributed by atoms with Crippen LogP contribution in [-0.2, 0) is 0 Å². The zero-order valence-electron chi connectivity index (χ0n) is 7.59. The van der Waals surface area contributed by atoms with E-state index in [-0.39, 0.29) is 5.91 Å². The molecule has 1 N–H and O–H groups in total. The van der Waals surface area contributed by atoms with Crippen molar-refractivity contribution in [1.29, 1.82) is 0 Å². The van der Waals surface area contributed by atoms with Crippen LogP contribution in [0.15, 0.2) is 6.07 Å². The molecule has 0 spiro atoms. The van der Waals surface area contributed by atoms with Gasteiger partial charge in [-0.1, -0.05) is 0 Å². The van der Waals surface area contributed by atoms with Crippen molar-refractivity contribution in [3.8, 4) is 0 Å². The van der Waals surface area contributed by atoms with Crippen molar-refractivity contribution < 1.29 is 4.79 Å². The fourth-order valence-electron chi connectivity index (χ4n) is 1.11. The van der Waals surface area contributed by atoms with E-state index in [9.17, 15) is 4.79 Å². The molecule has 1 aromatic rings. The smallest absolute Gasteiger partial charge is 0.261 e. The summed E-state index contributed by atoms with van der Waals surface area (Å²) in [5, 5.41) is 6.85. The number of hydrogen-bond donors (Lipinski definition) is 1. The van der Waals surface area contributed by atoms with Gasteiger partial charge in [0.25, 0.3) is 5.91 Å². The van der Waals surface area contributed by atoms with Gasteiger partial charge in [0.05, 0.1) is 12.2 Å². The monoisotopic (exact) mass is 167 g/mol. The summed E-state index contributed by atoms with van der Waals surface area (Å²) in [7, 11) is 1.74. The Kier molecular flexibility index (Phi) is 2.60. The van der Waals surface area contributed by atoms with Crippen LogP contribution in [0, 0.1) is 13.8 Å². The van der Waals surface area contributed by atoms with Crippen molar-refractivity contribution >= 4 is 5.91 Å². The topological polar surface area (TPSA) is 46.9 Å². The molecule has 0 amide bonds. The van der Waals surface area contributed by atoms with Gasteiger partial charge in [0.15, 0.2) is 0 Å². The van der Waals surface area contributed by atoms with Crippen LogP contribution in [0.2, 0.25) is 0 Å². The highest BCUT2D eigenvalue weighted by molar-refractivity contribution is 5.80. The van der Waals surface area contributed by atoms with Crippen LogP contribution >= 0.6 is 0 Å². The molecule has 0 radical (unpaired) electrons. The average molecular weight is 167 g/mol. The number of aryl methyl sites for hydroxylation is 2. The summed E-state index contributed by atoms with van der Waals surface area (Å²) in [5.41, 5.74) is 1.75. The van der Waals surface area contributed by atoms with Gasteiger partial charge in [-0.2, -0.15) is 5.10 Å². The molecule has 1 aromatic heterocycles. The van der Waals surface area contributed by atoms with Crippen LogP contribution in [0.1, 0.15) is 16.2 Å². The molecule has 4 heteroatoms. The molecular weight excluding hydrogens is 154 g/mol. The molecule has 0 atom stereocenters. The first-order valence-electron chi connectivity index (χ1n) is 3.86. The van der Waals surface area contributed by atoms with Gasteiger partial charge in [-0.05, 0) is 27.0 Å². The molecule has 0 bridgehead atoms. The molecule has 0 unspecified atom stereocenters. The van der Waals surface area contributed by atoms with Crippen molar-refractivity contribution in [3.05, 3.63) is 17.5 Å². The van der Waals surface area contributed by atoms with E-state index in [0.717, 1.165) is 11.4 Å². The first-order chi connectivity index (χ1) is 5.65. The van der Waals surface area contributed by atoms with Gasteiger partial charge in [-0.25, -0.2) is 4.68 Å². The Labute approximate surface area is 71.6 Å². The number of hydrogen-bond acceptors (Lipinski definition) is 3. The number of nitrogens with zero attached hydrogens (tertiary/aromatic N) is 2. The number of nitrogens with one attached hydrogen (secondary N) is 1. The van der Waals surface area contributed by atoms with Crippen LogP contribution < -0.4 is 5.32 Å². The third-order valence-corrected chi connectivity index (χ3v) is 1.57. The zero-order valence-corrected chi connectivity index (χ0v) is 7.59. The lowest BCUT2D eigenvalue weighted by atomic mass is 10.4. The van der Waals surface area contributed by atoms with Crippen molar-refractivity contribution in [2.24, 2.45) is 0 Å². The maximum Gasteiger partial charge on any atom is 0.261 e. The molecule has 12 heavy (non-hydrogen) atoms. The summed E-state index contributed by atoms with van der Waals surface area (Å²) in [6.07, 6.45) is 0. The largest absolute Gasteiger partial charge is 0.311 e. The van der Waals surface area contributed by atoms with E-state index in [2.05, 4.69) is 10.4 Å². The molecule has 4 nitrogen and oxygen atoms in total. The summed E-state index contributed by atoms with van der Waals surface area (Å²) in [4.78, 5) is 11.3. The molecule has 1 rings (SSSR count). The molecule has 0 aliphatic rings. The number of carbonyl (C=O) groups excluding carboxylic acids is 1. The highest BCUT2D eigenvalue weighted by atomic mass is 16.2. The SMILES string of the molecule is CNCC(=O)n1nc(C)cc1C. The minimum atomic E-state index is -0.0249. The Hall–Kier alpha value is -1.16. The predicted molar refractivity (Wildman–Crippen MR) is 46.3 cm³/mol. The molecule has 0 saturated heterocycles. The van der Waals surface area contributed by atoms with E-state index < -0.39 is 0 Å². The second kappa shape index (κ2) is 3.49. The summed E-state index contributed by atoms with van der Waals surface area (Å²) in [6, 6.07) is 1.88. The van der Waals surface area contributed by atoms with Crippen molar-refractivity contribution in [1.82, 2.24) is 15.1 Å². The first kappa shape index (κ1) is 8.93. The molecule has 0 aliphatic carbocycles. The lowest BCUT2D eigenvalue weighted by Gasteiger charge is -2.00. The number of rotatable bonds is 2. The standard InChI is InChI=1S/C8H13N3O/c1-6-4-7(2)11(10-6)8(12)5-9-3/h4,9H,5H2,1-3H3. The van der Waals surface area contributed by atoms with Gasteiger partial charge in [-0.15, -0.1) is 0 Å². The average Bonchev–Trinajstić information content (AvgIpc) is 2.30. The van der Waals surface area contributed by atoms with Gasteiger partial charge in [-0.3, -0.25) is 4.79 Å². The quantitative estimate of drug-likeness (QED) is 0.691. The lowest BCUT2D eigenvalue weighted by molar-refractivity contribution is 0.0896. The third kappa shape index (κ3) is 1.71. The fraction of sp³-hybridized carbons (Fsp3) is 0.500. The van der Waals surface area contributed by atoms with E-state index in [0.29, 0.717) is 6.54 Å². The van der Waals surface area contributed by atoms with Crippen LogP contribution in [-0.4, -0.2) is 29.3 Å². The maximum absolute atomic E-state index is 11.3. The minimum absolute atomic E-state index is 0.0249. The summed E-state index contributed by atoms with van der Waals surface area (Å²) in [5.74, 6) is -0.0249. The number of carbonyl (C=O) groups is 1. The molecular formula is C8H13N3O. The van der Waals surface area contributed by atoms with Gasteiger partial charge in [0, 0.05) is 5.69 Å². The van der Waals surface area contributed by atoms with Crippen molar-refractivity contribution in [2.75, 3.05) is 13.6 Å². The molecule has 1 heterocycles. The number of likely N-dealkylation sites (N-methyl/N-ethyl adjacent to an activating group) is 1. The van der Waals surface area contributed by atoms with Crippen LogP contribution in [0.25, 0.3) is 0 Å². The molecule has 66 valence electrons. The fourth-order valence-corrected chi connectivity index (χ4v) is 1.11. The van der Waals surface area contributed by atoms with E-state index in [1.807, 2.05) is 19.9 Å². The van der Waals surface area contributed by atoms with E-state index in [1.54, 1.807) is 7.05 Å². The Morgan fingerprint density at radius 3 is 2.75 bits per heavy atom. The third-order valence-electron chi connectivity index (χ3n) is 1.57. The Balaban J connectivity index is 2.87. The zero-order chi connectivity index (χ0) is 9.14. The van der Waals surface area contributed by atoms with Crippen LogP contribution in [0.4, 0.5) is 0 Å². The molecule has 0 fully saturated rings. The van der Waals surface area contributed by atoms with Gasteiger partial charge >= 0.3 is 0 Å². The normalized spacial score (nSPS) is 10.2. The highest BCUT2D eigenvalue weighted by Gasteiger charge is 2.07. The Bertz CT molecular complexity index is 290. The van der Waals surface area contributed by atoms with E-state index in [4.69, 9.17) is 0 Å². The molecule has 0 saturated carbocycles. The summed E-state index contributed by atoms with van der Waals surface area (Å²) < 4.78 is 1.42. The Morgan fingerprint density at radius 1 is 1.67 bits per heavy atom. The first-order valence-corrected chi connectivity index (χ1v) is 3.86. The molecule has 0 aromatic carbocycles.